The normalized spacial score (nSPS) is 14.9. The van der Waals surface area contributed by atoms with E-state index in [2.05, 4.69) is 35.6 Å². The fraction of sp³-hybridized carbons (Fsp3) is 0.625. The molecule has 0 radical (unpaired) electrons. The van der Waals surface area contributed by atoms with E-state index >= 15 is 0 Å². The van der Waals surface area contributed by atoms with Crippen molar-refractivity contribution in [2.75, 3.05) is 12.3 Å². The summed E-state index contributed by atoms with van der Waals surface area (Å²) >= 11 is 0. The zero-order chi connectivity index (χ0) is 15.0. The topological polar surface area (TPSA) is 68.8 Å². The molecule has 5 nitrogen and oxygen atoms in total. The maximum absolute atomic E-state index is 6.17. The number of nitrogens with one attached hydrogen (secondary N) is 1. The summed E-state index contributed by atoms with van der Waals surface area (Å²) in [6.45, 7) is 9.50. The van der Waals surface area contributed by atoms with Gasteiger partial charge in [0.2, 0.25) is 0 Å². The largest absolute Gasteiger partial charge is 0.382 e. The third-order valence-electron chi connectivity index (χ3n) is 4.04. The second-order valence-corrected chi connectivity index (χ2v) is 6.33. The SMILES string of the molecule is CCCc1nc2c(N)nc3c(c2n1CC(C)C)CCNC3. The second kappa shape index (κ2) is 5.64. The van der Waals surface area contributed by atoms with Crippen LogP contribution in [0.4, 0.5) is 5.82 Å². The molecule has 114 valence electrons. The van der Waals surface area contributed by atoms with Crippen molar-refractivity contribution in [3.05, 3.63) is 17.1 Å². The maximum atomic E-state index is 6.17. The van der Waals surface area contributed by atoms with Crippen LogP contribution in [-0.4, -0.2) is 21.1 Å². The van der Waals surface area contributed by atoms with Crippen LogP contribution in [0.5, 0.6) is 0 Å². The van der Waals surface area contributed by atoms with Crippen molar-refractivity contribution in [3.63, 3.8) is 0 Å². The van der Waals surface area contributed by atoms with Gasteiger partial charge >= 0.3 is 0 Å². The molecular weight excluding hydrogens is 262 g/mol. The van der Waals surface area contributed by atoms with Gasteiger partial charge in [0.25, 0.3) is 0 Å². The van der Waals surface area contributed by atoms with Gasteiger partial charge in [-0.05, 0) is 25.3 Å². The van der Waals surface area contributed by atoms with Crippen molar-refractivity contribution < 1.29 is 0 Å². The first kappa shape index (κ1) is 14.3. The molecule has 0 aromatic carbocycles. The fourth-order valence-electron chi connectivity index (χ4n) is 3.19. The molecule has 0 saturated carbocycles. The molecule has 0 bridgehead atoms. The van der Waals surface area contributed by atoms with Crippen molar-refractivity contribution >= 4 is 16.9 Å². The van der Waals surface area contributed by atoms with Crippen molar-refractivity contribution in [1.29, 1.82) is 0 Å². The number of anilines is 1. The average Bonchev–Trinajstić information content (AvgIpc) is 2.79. The van der Waals surface area contributed by atoms with Crippen molar-refractivity contribution in [2.45, 2.75) is 53.1 Å². The molecule has 0 spiro atoms. The molecule has 2 aromatic heterocycles. The standard InChI is InChI=1S/C16H25N5/c1-4-5-13-20-14-15(21(13)9-10(2)3)11-6-7-18-8-12(11)19-16(14)17/h10,18H,4-9H2,1-3H3,(H2,17,19). The van der Waals surface area contributed by atoms with E-state index in [0.29, 0.717) is 11.7 Å². The molecule has 0 fully saturated rings. The van der Waals surface area contributed by atoms with Crippen LogP contribution >= 0.6 is 0 Å². The van der Waals surface area contributed by atoms with E-state index in [9.17, 15) is 0 Å². The number of nitrogens with two attached hydrogens (primary N) is 1. The lowest BCUT2D eigenvalue weighted by Gasteiger charge is -2.20. The van der Waals surface area contributed by atoms with Crippen LogP contribution in [0.3, 0.4) is 0 Å². The molecule has 3 rings (SSSR count). The molecule has 21 heavy (non-hydrogen) atoms. The second-order valence-electron chi connectivity index (χ2n) is 6.33. The van der Waals surface area contributed by atoms with Crippen LogP contribution in [0, 0.1) is 5.92 Å². The van der Waals surface area contributed by atoms with Gasteiger partial charge in [-0.1, -0.05) is 20.8 Å². The van der Waals surface area contributed by atoms with Gasteiger partial charge in [-0.25, -0.2) is 9.97 Å². The first-order valence-electron chi connectivity index (χ1n) is 7.98. The summed E-state index contributed by atoms with van der Waals surface area (Å²) in [5, 5.41) is 3.38. The predicted octanol–water partition coefficient (Wildman–Crippen LogP) is 2.27. The molecule has 5 heteroatoms. The molecule has 3 N–H and O–H groups in total. The minimum absolute atomic E-state index is 0.576. The monoisotopic (exact) mass is 287 g/mol. The first-order valence-corrected chi connectivity index (χ1v) is 7.98. The van der Waals surface area contributed by atoms with Crippen molar-refractivity contribution in [2.24, 2.45) is 5.92 Å². The number of rotatable bonds is 4. The van der Waals surface area contributed by atoms with Crippen LogP contribution in [0.1, 0.15) is 44.3 Å². The number of pyridine rings is 1. The number of hydrogen-bond acceptors (Lipinski definition) is 4. The first-order chi connectivity index (χ1) is 10.1. The summed E-state index contributed by atoms with van der Waals surface area (Å²) in [6, 6.07) is 0. The number of nitrogens with zero attached hydrogens (tertiary/aromatic N) is 3. The number of fused-ring (bicyclic) bond motifs is 3. The average molecular weight is 287 g/mol. The highest BCUT2D eigenvalue weighted by Gasteiger charge is 2.22. The third-order valence-corrected chi connectivity index (χ3v) is 4.04. The van der Waals surface area contributed by atoms with Crippen LogP contribution in [0.2, 0.25) is 0 Å². The lowest BCUT2D eigenvalue weighted by molar-refractivity contribution is 0.513. The van der Waals surface area contributed by atoms with Gasteiger partial charge in [-0.15, -0.1) is 0 Å². The number of aromatic nitrogens is 3. The van der Waals surface area contributed by atoms with Gasteiger partial charge in [0.1, 0.15) is 11.3 Å². The molecule has 1 aliphatic heterocycles. The molecule has 0 saturated heterocycles. The van der Waals surface area contributed by atoms with E-state index in [4.69, 9.17) is 10.7 Å². The van der Waals surface area contributed by atoms with E-state index in [0.717, 1.165) is 55.9 Å². The molecule has 1 aliphatic rings. The summed E-state index contributed by atoms with van der Waals surface area (Å²) in [4.78, 5) is 9.39. The Morgan fingerprint density at radius 2 is 2.14 bits per heavy atom. The van der Waals surface area contributed by atoms with E-state index in [1.165, 1.54) is 11.1 Å². The molecule has 0 amide bonds. The lowest BCUT2D eigenvalue weighted by atomic mass is 10.0. The van der Waals surface area contributed by atoms with Gasteiger partial charge < -0.3 is 15.6 Å². The van der Waals surface area contributed by atoms with Crippen LogP contribution in [-0.2, 0) is 25.9 Å². The van der Waals surface area contributed by atoms with E-state index in [-0.39, 0.29) is 0 Å². The zero-order valence-corrected chi connectivity index (χ0v) is 13.2. The summed E-state index contributed by atoms with van der Waals surface area (Å²) in [5.74, 6) is 2.32. The number of nitrogen functional groups attached to an aromatic ring is 1. The van der Waals surface area contributed by atoms with Gasteiger partial charge in [-0.2, -0.15) is 0 Å². The third kappa shape index (κ3) is 2.50. The molecule has 0 atom stereocenters. The summed E-state index contributed by atoms with van der Waals surface area (Å²) in [7, 11) is 0. The van der Waals surface area contributed by atoms with Crippen LogP contribution < -0.4 is 11.1 Å². The Morgan fingerprint density at radius 1 is 1.33 bits per heavy atom. The summed E-state index contributed by atoms with van der Waals surface area (Å²) in [5.41, 5.74) is 10.7. The van der Waals surface area contributed by atoms with Crippen LogP contribution in [0.15, 0.2) is 0 Å². The highest BCUT2D eigenvalue weighted by atomic mass is 15.1. The van der Waals surface area contributed by atoms with Crippen molar-refractivity contribution in [1.82, 2.24) is 19.9 Å². The Morgan fingerprint density at radius 3 is 2.86 bits per heavy atom. The molecule has 2 aromatic rings. The Kier molecular flexibility index (Phi) is 3.85. The fourth-order valence-corrected chi connectivity index (χ4v) is 3.19. The van der Waals surface area contributed by atoms with E-state index < -0.39 is 0 Å². The summed E-state index contributed by atoms with van der Waals surface area (Å²) in [6.07, 6.45) is 3.10. The van der Waals surface area contributed by atoms with Gasteiger partial charge in [0.15, 0.2) is 5.82 Å². The van der Waals surface area contributed by atoms with Crippen molar-refractivity contribution in [3.8, 4) is 0 Å². The van der Waals surface area contributed by atoms with Gasteiger partial charge in [-0.3, -0.25) is 0 Å². The molecular formula is C16H25N5. The molecule has 3 heterocycles. The summed E-state index contributed by atoms with van der Waals surface area (Å²) < 4.78 is 2.39. The highest BCUT2D eigenvalue weighted by Crippen LogP contribution is 2.29. The minimum atomic E-state index is 0.576. The Balaban J connectivity index is 2.27. The molecule has 0 aliphatic carbocycles. The van der Waals surface area contributed by atoms with Gasteiger partial charge in [0, 0.05) is 25.1 Å². The van der Waals surface area contributed by atoms with Crippen LogP contribution in [0.25, 0.3) is 11.0 Å². The minimum Gasteiger partial charge on any atom is -0.382 e. The Bertz CT molecular complexity index is 656. The van der Waals surface area contributed by atoms with E-state index in [1.807, 2.05) is 0 Å². The smallest absolute Gasteiger partial charge is 0.151 e. The number of imidazole rings is 1. The predicted molar refractivity (Wildman–Crippen MR) is 86.2 cm³/mol. The Hall–Kier alpha value is -1.62. The maximum Gasteiger partial charge on any atom is 0.151 e. The van der Waals surface area contributed by atoms with Gasteiger partial charge in [0.05, 0.1) is 11.2 Å². The quantitative estimate of drug-likeness (QED) is 0.905. The Labute approximate surface area is 126 Å². The molecule has 0 unspecified atom stereocenters. The zero-order valence-electron chi connectivity index (χ0n) is 13.2. The number of hydrogen-bond donors (Lipinski definition) is 2. The van der Waals surface area contributed by atoms with E-state index in [1.54, 1.807) is 0 Å². The highest BCUT2D eigenvalue weighted by molar-refractivity contribution is 5.89. The lowest BCUT2D eigenvalue weighted by Crippen LogP contribution is -2.26. The number of aryl methyl sites for hydroxylation is 1.